The summed E-state index contributed by atoms with van der Waals surface area (Å²) in [6.07, 6.45) is 0. The van der Waals surface area contributed by atoms with Crippen molar-refractivity contribution in [3.05, 3.63) is 89.2 Å². The summed E-state index contributed by atoms with van der Waals surface area (Å²) >= 11 is 0. The molecule has 0 aliphatic carbocycles. The fourth-order valence-electron chi connectivity index (χ4n) is 3.55. The van der Waals surface area contributed by atoms with Crippen LogP contribution in [0.5, 0.6) is 0 Å². The van der Waals surface area contributed by atoms with Gasteiger partial charge in [-0.1, -0.05) is 54.1 Å². The molecule has 0 saturated heterocycles. The fraction of sp³-hybridized carbons (Fsp3) is 0.125. The maximum atomic E-state index is 13.1. The van der Waals surface area contributed by atoms with Crippen molar-refractivity contribution >= 4 is 26.9 Å². The number of amides is 1. The molecule has 1 heterocycles. The van der Waals surface area contributed by atoms with Crippen molar-refractivity contribution < 1.29 is 17.6 Å². The largest absolute Gasteiger partial charge is 0.451 e. The van der Waals surface area contributed by atoms with Crippen LogP contribution in [0.25, 0.3) is 22.1 Å². The zero-order valence-corrected chi connectivity index (χ0v) is 17.7. The Morgan fingerprint density at radius 2 is 1.60 bits per heavy atom. The highest BCUT2D eigenvalue weighted by Gasteiger charge is 2.24. The minimum atomic E-state index is -4.12. The van der Waals surface area contributed by atoms with E-state index in [-0.39, 0.29) is 10.7 Å². The van der Waals surface area contributed by atoms with E-state index in [2.05, 4.69) is 4.72 Å². The standard InChI is InChI=1S/C24H21NO4S/c1-15-9-10-23(20(12-15)18-7-5-4-6-8-18)30(27,28)25-24(26)22-14-19-17(3)11-16(2)13-21(19)29-22/h4-14H,1-3H3,(H,25,26). The van der Waals surface area contributed by atoms with E-state index in [9.17, 15) is 13.2 Å². The van der Waals surface area contributed by atoms with E-state index < -0.39 is 15.9 Å². The average molecular weight is 420 g/mol. The van der Waals surface area contributed by atoms with Crippen LogP contribution < -0.4 is 4.72 Å². The molecular formula is C24H21NO4S. The highest BCUT2D eigenvalue weighted by molar-refractivity contribution is 7.90. The first-order chi connectivity index (χ1) is 14.2. The number of hydrogen-bond acceptors (Lipinski definition) is 4. The molecule has 1 amide bonds. The smallest absolute Gasteiger partial charge is 0.300 e. The Kier molecular flexibility index (Phi) is 4.95. The summed E-state index contributed by atoms with van der Waals surface area (Å²) in [6.45, 7) is 5.74. The molecule has 6 heteroatoms. The second-order valence-corrected chi connectivity index (χ2v) is 9.06. The van der Waals surface area contributed by atoms with Crippen LogP contribution in [0.3, 0.4) is 0 Å². The van der Waals surface area contributed by atoms with Crippen LogP contribution in [0.15, 0.2) is 76.0 Å². The Hall–Kier alpha value is -3.38. The van der Waals surface area contributed by atoms with Gasteiger partial charge in [0.2, 0.25) is 0 Å². The molecule has 152 valence electrons. The SMILES string of the molecule is Cc1ccc(S(=O)(=O)NC(=O)c2cc3c(C)cc(C)cc3o2)c(-c2ccccc2)c1. The minimum absolute atomic E-state index is 0.0378. The number of furan rings is 1. The number of sulfonamides is 1. The summed E-state index contributed by atoms with van der Waals surface area (Å²) < 4.78 is 34.0. The van der Waals surface area contributed by atoms with Gasteiger partial charge in [0, 0.05) is 10.9 Å². The van der Waals surface area contributed by atoms with Crippen LogP contribution in [-0.4, -0.2) is 14.3 Å². The van der Waals surface area contributed by atoms with Crippen molar-refractivity contribution in [1.29, 1.82) is 0 Å². The number of fused-ring (bicyclic) bond motifs is 1. The van der Waals surface area contributed by atoms with E-state index in [1.807, 2.05) is 63.2 Å². The van der Waals surface area contributed by atoms with Crippen molar-refractivity contribution in [2.75, 3.05) is 0 Å². The summed E-state index contributed by atoms with van der Waals surface area (Å²) in [5, 5.41) is 0.781. The van der Waals surface area contributed by atoms with E-state index in [0.717, 1.165) is 27.6 Å². The third-order valence-electron chi connectivity index (χ3n) is 4.95. The molecule has 30 heavy (non-hydrogen) atoms. The van der Waals surface area contributed by atoms with Gasteiger partial charge in [-0.3, -0.25) is 4.79 Å². The first kappa shape index (κ1) is 19.9. The lowest BCUT2D eigenvalue weighted by atomic mass is 10.0. The molecule has 0 radical (unpaired) electrons. The van der Waals surface area contributed by atoms with Gasteiger partial charge in [-0.15, -0.1) is 0 Å². The van der Waals surface area contributed by atoms with Crippen LogP contribution in [0.2, 0.25) is 0 Å². The van der Waals surface area contributed by atoms with Crippen LogP contribution in [0.4, 0.5) is 0 Å². The van der Waals surface area contributed by atoms with E-state index in [1.165, 1.54) is 6.07 Å². The van der Waals surface area contributed by atoms with Crippen LogP contribution >= 0.6 is 0 Å². The molecule has 0 aliphatic rings. The van der Waals surface area contributed by atoms with Gasteiger partial charge in [0.15, 0.2) is 5.76 Å². The number of aryl methyl sites for hydroxylation is 3. The van der Waals surface area contributed by atoms with Gasteiger partial charge in [0.1, 0.15) is 5.58 Å². The summed E-state index contributed by atoms with van der Waals surface area (Å²) in [6, 6.07) is 19.6. The monoisotopic (exact) mass is 419 g/mol. The molecule has 0 fully saturated rings. The molecule has 1 N–H and O–H groups in total. The number of carbonyl (C=O) groups excluding carboxylic acids is 1. The highest BCUT2D eigenvalue weighted by Crippen LogP contribution is 2.29. The number of rotatable bonds is 4. The second kappa shape index (κ2) is 7.46. The molecule has 3 aromatic carbocycles. The Balaban J connectivity index is 1.72. The molecule has 0 unspecified atom stereocenters. The topological polar surface area (TPSA) is 76.4 Å². The molecule has 0 aliphatic heterocycles. The van der Waals surface area contributed by atoms with E-state index in [1.54, 1.807) is 18.2 Å². The minimum Gasteiger partial charge on any atom is -0.451 e. The lowest BCUT2D eigenvalue weighted by Gasteiger charge is -2.12. The molecular weight excluding hydrogens is 398 g/mol. The maximum Gasteiger partial charge on any atom is 0.300 e. The molecule has 0 saturated carbocycles. The van der Waals surface area contributed by atoms with Crippen molar-refractivity contribution in [2.45, 2.75) is 25.7 Å². The third-order valence-corrected chi connectivity index (χ3v) is 6.34. The van der Waals surface area contributed by atoms with Crippen molar-refractivity contribution in [3.8, 4) is 11.1 Å². The summed E-state index contributed by atoms with van der Waals surface area (Å²) in [4.78, 5) is 12.8. The maximum absolute atomic E-state index is 13.1. The Morgan fingerprint density at radius 3 is 2.33 bits per heavy atom. The Labute approximate surface area is 175 Å². The summed E-state index contributed by atoms with van der Waals surface area (Å²) in [5.74, 6) is -0.849. The van der Waals surface area contributed by atoms with Gasteiger partial charge in [0.05, 0.1) is 4.90 Å². The first-order valence-electron chi connectivity index (χ1n) is 9.48. The molecule has 0 atom stereocenters. The third kappa shape index (κ3) is 3.74. The van der Waals surface area contributed by atoms with Gasteiger partial charge in [-0.05, 0) is 55.7 Å². The molecule has 0 bridgehead atoms. The van der Waals surface area contributed by atoms with Crippen molar-refractivity contribution in [1.82, 2.24) is 4.72 Å². The number of carbonyl (C=O) groups is 1. The van der Waals surface area contributed by atoms with Crippen molar-refractivity contribution in [2.24, 2.45) is 0 Å². The molecule has 1 aromatic heterocycles. The van der Waals surface area contributed by atoms with E-state index in [4.69, 9.17) is 4.42 Å². The summed E-state index contributed by atoms with van der Waals surface area (Å²) in [5.41, 5.74) is 4.72. The van der Waals surface area contributed by atoms with Gasteiger partial charge in [0.25, 0.3) is 10.0 Å². The zero-order valence-electron chi connectivity index (χ0n) is 16.9. The fourth-order valence-corrected chi connectivity index (χ4v) is 4.72. The first-order valence-corrected chi connectivity index (χ1v) is 11.0. The number of nitrogens with one attached hydrogen (secondary N) is 1. The van der Waals surface area contributed by atoms with E-state index >= 15 is 0 Å². The lowest BCUT2D eigenvalue weighted by molar-refractivity contribution is 0.0956. The van der Waals surface area contributed by atoms with Crippen LogP contribution in [0.1, 0.15) is 27.2 Å². The molecule has 4 rings (SSSR count). The normalized spacial score (nSPS) is 11.6. The molecule has 0 spiro atoms. The number of hydrogen-bond donors (Lipinski definition) is 1. The summed E-state index contributed by atoms with van der Waals surface area (Å²) in [7, 11) is -4.12. The van der Waals surface area contributed by atoms with Crippen LogP contribution in [0, 0.1) is 20.8 Å². The lowest BCUT2D eigenvalue weighted by Crippen LogP contribution is -2.30. The number of benzene rings is 3. The average Bonchev–Trinajstić information content (AvgIpc) is 3.13. The van der Waals surface area contributed by atoms with E-state index in [0.29, 0.717) is 11.1 Å². The van der Waals surface area contributed by atoms with Gasteiger partial charge >= 0.3 is 5.91 Å². The second-order valence-electron chi connectivity index (χ2n) is 7.40. The predicted octanol–water partition coefficient (Wildman–Crippen LogP) is 5.14. The van der Waals surface area contributed by atoms with Crippen molar-refractivity contribution in [3.63, 3.8) is 0 Å². The van der Waals surface area contributed by atoms with Gasteiger partial charge in [-0.2, -0.15) is 0 Å². The quantitative estimate of drug-likeness (QED) is 0.497. The molecule has 5 nitrogen and oxygen atoms in total. The highest BCUT2D eigenvalue weighted by atomic mass is 32.2. The van der Waals surface area contributed by atoms with Crippen LogP contribution in [-0.2, 0) is 10.0 Å². The Bertz CT molecular complexity index is 1370. The van der Waals surface area contributed by atoms with Gasteiger partial charge < -0.3 is 4.42 Å². The zero-order chi connectivity index (χ0) is 21.5. The van der Waals surface area contributed by atoms with Gasteiger partial charge in [-0.25, -0.2) is 13.1 Å². The Morgan fingerprint density at radius 1 is 0.867 bits per heavy atom. The predicted molar refractivity (Wildman–Crippen MR) is 117 cm³/mol. The molecule has 4 aromatic rings.